The summed E-state index contributed by atoms with van der Waals surface area (Å²) in [5, 5.41) is 11.5. The van der Waals surface area contributed by atoms with Crippen molar-refractivity contribution in [2.24, 2.45) is 5.41 Å². The maximum Gasteiger partial charge on any atom is 0.416 e. The molecule has 1 N–H and O–H groups in total. The highest BCUT2D eigenvalue weighted by Crippen LogP contribution is 2.60. The summed E-state index contributed by atoms with van der Waals surface area (Å²) >= 11 is 2.09. The predicted octanol–water partition coefficient (Wildman–Crippen LogP) is 3.99. The van der Waals surface area contributed by atoms with Crippen LogP contribution < -0.4 is 0 Å². The van der Waals surface area contributed by atoms with E-state index in [-0.39, 0.29) is 11.5 Å². The van der Waals surface area contributed by atoms with E-state index in [2.05, 4.69) is 22.6 Å². The fourth-order valence-corrected chi connectivity index (χ4v) is 3.55. The minimum absolute atomic E-state index is 0.211. The molecular formula is C15H21IN2O3. The molecule has 0 atom stereocenters. The number of allylic oxidation sites excluding steroid dienone is 2. The zero-order chi connectivity index (χ0) is 15.4. The molecule has 5 nitrogen and oxygen atoms in total. The number of carbonyl (C=O) groups is 1. The van der Waals surface area contributed by atoms with Crippen molar-refractivity contribution in [2.75, 3.05) is 6.54 Å². The molecule has 6 heteroatoms. The summed E-state index contributed by atoms with van der Waals surface area (Å²) in [4.78, 5) is 14.1. The number of hydrogen-bond acceptors (Lipinski definition) is 4. The van der Waals surface area contributed by atoms with E-state index in [4.69, 9.17) is 4.74 Å². The summed E-state index contributed by atoms with van der Waals surface area (Å²) in [5.74, 6) is 0.625. The van der Waals surface area contributed by atoms with Gasteiger partial charge in [-0.25, -0.2) is 9.86 Å². The fraction of sp³-hybridized carbons (Fsp3) is 0.667. The van der Waals surface area contributed by atoms with Crippen molar-refractivity contribution in [1.82, 2.24) is 9.96 Å². The molecule has 0 bridgehead atoms. The molecular weight excluding hydrogens is 383 g/mol. The second-order valence-electron chi connectivity index (χ2n) is 7.01. The van der Waals surface area contributed by atoms with E-state index in [1.165, 1.54) is 5.57 Å². The summed E-state index contributed by atoms with van der Waals surface area (Å²) in [5.41, 5.74) is 0.857. The second-order valence-corrected chi connectivity index (χ2v) is 8.11. The number of nitrogens with zero attached hydrogens (tertiary/aromatic N) is 2. The highest BCUT2D eigenvalue weighted by Gasteiger charge is 2.52. The average molecular weight is 404 g/mol. The zero-order valence-corrected chi connectivity index (χ0v) is 14.8. The number of hydrogen-bond donors (Lipinski definition) is 1. The lowest BCUT2D eigenvalue weighted by molar-refractivity contribution is -0.0528. The smallest absolute Gasteiger partial charge is 0.416 e. The van der Waals surface area contributed by atoms with E-state index in [9.17, 15) is 10.0 Å². The van der Waals surface area contributed by atoms with Crippen molar-refractivity contribution < 1.29 is 14.7 Å². The Hall–Kier alpha value is -0.760. The molecule has 0 aromatic rings. The first kappa shape index (κ1) is 15.1. The Morgan fingerprint density at radius 1 is 1.38 bits per heavy atom. The van der Waals surface area contributed by atoms with Gasteiger partial charge in [0.1, 0.15) is 15.1 Å². The van der Waals surface area contributed by atoms with E-state index >= 15 is 0 Å². The van der Waals surface area contributed by atoms with Gasteiger partial charge in [-0.15, -0.1) is 0 Å². The topological polar surface area (TPSA) is 53.0 Å². The van der Waals surface area contributed by atoms with Crippen LogP contribution in [0.2, 0.25) is 0 Å². The summed E-state index contributed by atoms with van der Waals surface area (Å²) < 4.78 is 6.23. The van der Waals surface area contributed by atoms with E-state index < -0.39 is 5.60 Å². The van der Waals surface area contributed by atoms with Crippen LogP contribution >= 0.6 is 22.6 Å². The predicted molar refractivity (Wildman–Crippen MR) is 86.6 cm³/mol. The first-order valence-electron chi connectivity index (χ1n) is 7.32. The normalized spacial score (nSPS) is 24.0. The van der Waals surface area contributed by atoms with Crippen LogP contribution in [0.3, 0.4) is 0 Å². The number of amides is 1. The van der Waals surface area contributed by atoms with Crippen molar-refractivity contribution in [3.05, 3.63) is 21.2 Å². The molecule has 2 aliphatic heterocycles. The maximum absolute atomic E-state index is 12.5. The van der Waals surface area contributed by atoms with Crippen LogP contribution in [0.5, 0.6) is 0 Å². The number of ether oxygens (including phenoxy) is 1. The van der Waals surface area contributed by atoms with Crippen LogP contribution in [-0.2, 0) is 4.74 Å². The Balaban J connectivity index is 1.93. The lowest BCUT2D eigenvalue weighted by atomic mass is 9.85. The third-order valence-electron chi connectivity index (χ3n) is 4.32. The molecule has 1 saturated carbocycles. The lowest BCUT2D eigenvalue weighted by Gasteiger charge is -2.41. The van der Waals surface area contributed by atoms with Crippen LogP contribution in [0.1, 0.15) is 46.5 Å². The van der Waals surface area contributed by atoms with Gasteiger partial charge in [-0.05, 0) is 86.1 Å². The van der Waals surface area contributed by atoms with Gasteiger partial charge in [-0.3, -0.25) is 10.1 Å². The quantitative estimate of drug-likeness (QED) is 0.490. The van der Waals surface area contributed by atoms with Gasteiger partial charge in [0.25, 0.3) is 0 Å². The van der Waals surface area contributed by atoms with Gasteiger partial charge in [-0.2, -0.15) is 0 Å². The molecule has 1 aliphatic carbocycles. The van der Waals surface area contributed by atoms with Gasteiger partial charge in [0, 0.05) is 6.54 Å². The third kappa shape index (κ3) is 2.67. The van der Waals surface area contributed by atoms with Gasteiger partial charge < -0.3 is 4.74 Å². The van der Waals surface area contributed by atoms with Crippen LogP contribution in [0.4, 0.5) is 4.79 Å². The molecule has 0 radical (unpaired) electrons. The molecule has 3 rings (SSSR count). The van der Waals surface area contributed by atoms with Gasteiger partial charge in [0.15, 0.2) is 0 Å². The van der Waals surface area contributed by atoms with Crippen molar-refractivity contribution in [3.63, 3.8) is 0 Å². The van der Waals surface area contributed by atoms with Gasteiger partial charge in [-0.1, -0.05) is 0 Å². The maximum atomic E-state index is 12.5. The molecule has 0 saturated heterocycles. The summed E-state index contributed by atoms with van der Waals surface area (Å²) in [6.07, 6.45) is 5.72. The van der Waals surface area contributed by atoms with E-state index in [0.29, 0.717) is 12.4 Å². The van der Waals surface area contributed by atoms with Crippen LogP contribution in [0.15, 0.2) is 21.2 Å². The van der Waals surface area contributed by atoms with E-state index in [0.717, 1.165) is 34.5 Å². The largest absolute Gasteiger partial charge is 0.443 e. The molecule has 3 aliphatic rings. The molecule has 0 aromatic carbocycles. The molecule has 2 heterocycles. The summed E-state index contributed by atoms with van der Waals surface area (Å²) in [7, 11) is 0. The molecule has 116 valence electrons. The van der Waals surface area contributed by atoms with Gasteiger partial charge >= 0.3 is 6.09 Å². The number of rotatable bonds is 0. The molecule has 0 unspecified atom stereocenters. The van der Waals surface area contributed by atoms with Crippen molar-refractivity contribution in [2.45, 2.75) is 52.1 Å². The summed E-state index contributed by atoms with van der Waals surface area (Å²) in [6.45, 7) is 6.17. The van der Waals surface area contributed by atoms with Crippen LogP contribution in [-0.4, -0.2) is 33.4 Å². The Kier molecular flexibility index (Phi) is 3.52. The third-order valence-corrected chi connectivity index (χ3v) is 5.22. The Morgan fingerprint density at radius 3 is 2.62 bits per heavy atom. The minimum atomic E-state index is -0.537. The average Bonchev–Trinajstić information content (AvgIpc) is 3.13. The second kappa shape index (κ2) is 4.87. The monoisotopic (exact) mass is 404 g/mol. The number of hydroxylamine groups is 2. The number of carbonyl (C=O) groups excluding carboxylic acids is 1. The van der Waals surface area contributed by atoms with Crippen LogP contribution in [0, 0.1) is 5.41 Å². The van der Waals surface area contributed by atoms with Crippen molar-refractivity contribution in [3.8, 4) is 0 Å². The standard InChI is InChI=1S/C15H21IN2O3/c1-14(2,3)21-13(19)17-9-8-15(6-7-15)10-4-5-11(16)18(20)12(10)17/h5,20H,4,6-9H2,1-3H3. The first-order chi connectivity index (χ1) is 9.73. The molecule has 1 spiro atoms. The Morgan fingerprint density at radius 2 is 2.05 bits per heavy atom. The van der Waals surface area contributed by atoms with E-state index in [1.54, 1.807) is 4.90 Å². The number of halogens is 1. The molecule has 1 amide bonds. The molecule has 0 aromatic heterocycles. The Labute approximate surface area is 138 Å². The fourth-order valence-electron chi connectivity index (χ4n) is 3.10. The van der Waals surface area contributed by atoms with Gasteiger partial charge in [0.05, 0.1) is 0 Å². The van der Waals surface area contributed by atoms with Crippen molar-refractivity contribution in [1.29, 1.82) is 0 Å². The van der Waals surface area contributed by atoms with Gasteiger partial charge in [0.2, 0.25) is 0 Å². The van der Waals surface area contributed by atoms with Crippen molar-refractivity contribution >= 4 is 28.7 Å². The van der Waals surface area contributed by atoms with Crippen LogP contribution in [0.25, 0.3) is 0 Å². The molecule has 21 heavy (non-hydrogen) atoms. The first-order valence-corrected chi connectivity index (χ1v) is 8.40. The molecule has 1 fully saturated rings. The minimum Gasteiger partial charge on any atom is -0.443 e. The lowest BCUT2D eigenvalue weighted by Crippen LogP contribution is -2.46. The zero-order valence-electron chi connectivity index (χ0n) is 12.6. The SMILES string of the molecule is CC(C)(C)OC(=O)N1CCC2(CC2)C2=C1N(O)C(I)=CC2. The highest BCUT2D eigenvalue weighted by molar-refractivity contribution is 14.1. The summed E-state index contributed by atoms with van der Waals surface area (Å²) in [6, 6.07) is 0. The highest BCUT2D eigenvalue weighted by atomic mass is 127. The van der Waals surface area contributed by atoms with E-state index in [1.807, 2.05) is 26.8 Å². The number of fused-ring (bicyclic) bond motifs is 1. The Bertz CT molecular complexity index is 544.